The van der Waals surface area contributed by atoms with Gasteiger partial charge in [-0.2, -0.15) is 0 Å². The van der Waals surface area contributed by atoms with Crippen molar-refractivity contribution < 1.29 is 0 Å². The number of aromatic nitrogens is 2. The molecule has 11 heavy (non-hydrogen) atoms. The second-order valence-electron chi connectivity index (χ2n) is 2.24. The molecule has 0 aromatic carbocycles. The van der Waals surface area contributed by atoms with Gasteiger partial charge in [0.2, 0.25) is 0 Å². The number of nitrogens with zero attached hydrogens (tertiary/aromatic N) is 2. The number of nitrogens with two attached hydrogens (primary N) is 1. The first-order valence-corrected chi connectivity index (χ1v) is 3.53. The topological polar surface area (TPSA) is 43.3 Å². The van der Waals surface area contributed by atoms with Gasteiger partial charge in [0.1, 0.15) is 0 Å². The SMILES string of the molecule is Nc1c(Cl)ccn2ccnc12. The van der Waals surface area contributed by atoms with E-state index < -0.39 is 0 Å². The van der Waals surface area contributed by atoms with Crippen molar-refractivity contribution in [3.8, 4) is 0 Å². The van der Waals surface area contributed by atoms with E-state index in [1.807, 2.05) is 16.8 Å². The smallest absolute Gasteiger partial charge is 0.161 e. The molecule has 3 nitrogen and oxygen atoms in total. The number of nitrogen functional groups attached to an aromatic ring is 1. The first-order chi connectivity index (χ1) is 5.29. The second-order valence-corrected chi connectivity index (χ2v) is 2.64. The van der Waals surface area contributed by atoms with Crippen molar-refractivity contribution >= 4 is 22.9 Å². The highest BCUT2D eigenvalue weighted by Gasteiger charge is 2.01. The Bertz CT molecular complexity index is 393. The molecule has 0 spiro atoms. The van der Waals surface area contributed by atoms with Crippen LogP contribution < -0.4 is 5.73 Å². The van der Waals surface area contributed by atoms with Gasteiger partial charge in [0.25, 0.3) is 0 Å². The van der Waals surface area contributed by atoms with Crippen LogP contribution in [0.5, 0.6) is 0 Å². The average molecular weight is 168 g/mol. The maximum Gasteiger partial charge on any atom is 0.161 e. The highest BCUT2D eigenvalue weighted by Crippen LogP contribution is 2.21. The normalized spacial score (nSPS) is 10.6. The van der Waals surface area contributed by atoms with Crippen LogP contribution in [0.3, 0.4) is 0 Å². The van der Waals surface area contributed by atoms with E-state index in [-0.39, 0.29) is 0 Å². The zero-order valence-electron chi connectivity index (χ0n) is 5.66. The van der Waals surface area contributed by atoms with E-state index in [0.717, 1.165) is 0 Å². The summed E-state index contributed by atoms with van der Waals surface area (Å²) in [6.07, 6.45) is 5.32. The van der Waals surface area contributed by atoms with E-state index in [2.05, 4.69) is 4.98 Å². The molecule has 0 radical (unpaired) electrons. The summed E-state index contributed by atoms with van der Waals surface area (Å²) in [5.41, 5.74) is 6.88. The molecule has 2 heterocycles. The summed E-state index contributed by atoms with van der Waals surface area (Å²) in [5, 5.41) is 0.545. The van der Waals surface area contributed by atoms with Crippen molar-refractivity contribution in [3.05, 3.63) is 29.7 Å². The molecule has 2 rings (SSSR count). The molecule has 2 aromatic rings. The number of anilines is 1. The fourth-order valence-electron chi connectivity index (χ4n) is 0.984. The van der Waals surface area contributed by atoms with Gasteiger partial charge in [0.15, 0.2) is 5.65 Å². The molecule has 0 atom stereocenters. The predicted molar refractivity (Wildman–Crippen MR) is 44.6 cm³/mol. The molecule has 0 bridgehead atoms. The fraction of sp³-hybridized carbons (Fsp3) is 0. The van der Waals surface area contributed by atoms with Gasteiger partial charge in [0.05, 0.1) is 10.7 Å². The van der Waals surface area contributed by atoms with Crippen LogP contribution in [0.1, 0.15) is 0 Å². The molecule has 4 heteroatoms. The predicted octanol–water partition coefficient (Wildman–Crippen LogP) is 1.57. The molecular weight excluding hydrogens is 162 g/mol. The van der Waals surface area contributed by atoms with Crippen LogP contribution in [0.15, 0.2) is 24.7 Å². The minimum atomic E-state index is 0.527. The molecule has 0 amide bonds. The lowest BCUT2D eigenvalue weighted by Crippen LogP contribution is -1.92. The van der Waals surface area contributed by atoms with Crippen molar-refractivity contribution in [2.45, 2.75) is 0 Å². The first-order valence-electron chi connectivity index (χ1n) is 3.15. The zero-order valence-corrected chi connectivity index (χ0v) is 6.42. The molecule has 0 saturated heterocycles. The molecule has 0 fully saturated rings. The van der Waals surface area contributed by atoms with Gasteiger partial charge in [-0.3, -0.25) is 0 Å². The first kappa shape index (κ1) is 6.49. The molecule has 0 saturated carbocycles. The van der Waals surface area contributed by atoms with E-state index in [0.29, 0.717) is 16.4 Å². The van der Waals surface area contributed by atoms with Crippen molar-refractivity contribution in [2.75, 3.05) is 5.73 Å². The van der Waals surface area contributed by atoms with Crippen LogP contribution in [0, 0.1) is 0 Å². The fourth-order valence-corrected chi connectivity index (χ4v) is 1.13. The molecule has 2 N–H and O–H groups in total. The van der Waals surface area contributed by atoms with Crippen molar-refractivity contribution in [2.24, 2.45) is 0 Å². The van der Waals surface area contributed by atoms with Crippen LogP contribution >= 0.6 is 11.6 Å². The third-order valence-electron chi connectivity index (χ3n) is 1.55. The Labute approximate surface area is 68.4 Å². The van der Waals surface area contributed by atoms with E-state index in [1.54, 1.807) is 12.3 Å². The van der Waals surface area contributed by atoms with E-state index in [4.69, 9.17) is 17.3 Å². The summed E-state index contributed by atoms with van der Waals surface area (Å²) < 4.78 is 1.82. The van der Waals surface area contributed by atoms with E-state index in [1.165, 1.54) is 0 Å². The second kappa shape index (κ2) is 2.13. The summed E-state index contributed by atoms with van der Waals surface area (Å²) >= 11 is 5.77. The Kier molecular flexibility index (Phi) is 1.26. The Morgan fingerprint density at radius 2 is 2.27 bits per heavy atom. The summed E-state index contributed by atoms with van der Waals surface area (Å²) in [7, 11) is 0. The van der Waals surface area contributed by atoms with Gasteiger partial charge in [-0.1, -0.05) is 11.6 Å². The lowest BCUT2D eigenvalue weighted by Gasteiger charge is -1.98. The van der Waals surface area contributed by atoms with Gasteiger partial charge in [-0.25, -0.2) is 4.98 Å². The van der Waals surface area contributed by atoms with Crippen LogP contribution in [-0.2, 0) is 0 Å². The molecule has 0 unspecified atom stereocenters. The van der Waals surface area contributed by atoms with Crippen LogP contribution in [0.25, 0.3) is 5.65 Å². The zero-order chi connectivity index (χ0) is 7.84. The molecule has 0 aliphatic heterocycles. The van der Waals surface area contributed by atoms with Gasteiger partial charge < -0.3 is 10.1 Å². The number of fused-ring (bicyclic) bond motifs is 1. The Morgan fingerprint density at radius 3 is 3.09 bits per heavy atom. The summed E-state index contributed by atoms with van der Waals surface area (Å²) in [6.45, 7) is 0. The van der Waals surface area contributed by atoms with Crippen molar-refractivity contribution in [3.63, 3.8) is 0 Å². The molecule has 56 valence electrons. The third-order valence-corrected chi connectivity index (χ3v) is 1.88. The summed E-state index contributed by atoms with van der Waals surface area (Å²) in [4.78, 5) is 4.03. The Hall–Kier alpha value is -1.22. The minimum Gasteiger partial charge on any atom is -0.394 e. The van der Waals surface area contributed by atoms with Gasteiger partial charge in [-0.15, -0.1) is 0 Å². The Balaban J connectivity index is 2.93. The number of halogens is 1. The maximum absolute atomic E-state index is 5.77. The standard InChI is InChI=1S/C7H6ClN3/c8-5-1-3-11-4-2-10-7(11)6(5)9/h1-4H,9H2. The lowest BCUT2D eigenvalue weighted by molar-refractivity contribution is 1.19. The average Bonchev–Trinajstić information content (AvgIpc) is 2.45. The van der Waals surface area contributed by atoms with Crippen LogP contribution in [-0.4, -0.2) is 9.38 Å². The Morgan fingerprint density at radius 1 is 1.45 bits per heavy atom. The maximum atomic E-state index is 5.77. The lowest BCUT2D eigenvalue weighted by atomic mass is 10.4. The molecule has 0 aliphatic rings. The molecular formula is C7H6ClN3. The number of imidazole rings is 1. The summed E-state index contributed by atoms with van der Waals surface area (Å²) in [5.74, 6) is 0. The largest absolute Gasteiger partial charge is 0.394 e. The number of hydrogen-bond donors (Lipinski definition) is 1. The highest BCUT2D eigenvalue weighted by molar-refractivity contribution is 6.33. The molecule has 2 aromatic heterocycles. The summed E-state index contributed by atoms with van der Waals surface area (Å²) in [6, 6.07) is 1.74. The number of hydrogen-bond acceptors (Lipinski definition) is 2. The highest BCUT2D eigenvalue weighted by atomic mass is 35.5. The van der Waals surface area contributed by atoms with E-state index >= 15 is 0 Å². The van der Waals surface area contributed by atoms with Gasteiger partial charge in [0, 0.05) is 18.6 Å². The number of pyridine rings is 1. The quantitative estimate of drug-likeness (QED) is 0.647. The third kappa shape index (κ3) is 0.851. The monoisotopic (exact) mass is 167 g/mol. The van der Waals surface area contributed by atoms with E-state index in [9.17, 15) is 0 Å². The van der Waals surface area contributed by atoms with Crippen molar-refractivity contribution in [1.82, 2.24) is 9.38 Å². The van der Waals surface area contributed by atoms with Crippen LogP contribution in [0.2, 0.25) is 5.02 Å². The molecule has 0 aliphatic carbocycles. The minimum absolute atomic E-state index is 0.527. The van der Waals surface area contributed by atoms with Crippen LogP contribution in [0.4, 0.5) is 5.69 Å². The van der Waals surface area contributed by atoms with Gasteiger partial charge >= 0.3 is 0 Å². The number of rotatable bonds is 0. The van der Waals surface area contributed by atoms with Gasteiger partial charge in [-0.05, 0) is 6.07 Å². The van der Waals surface area contributed by atoms with Crippen molar-refractivity contribution in [1.29, 1.82) is 0 Å².